The van der Waals surface area contributed by atoms with Crippen molar-refractivity contribution in [1.29, 1.82) is 0 Å². The number of benzene rings is 1. The first-order valence-electron chi connectivity index (χ1n) is 11.0. The monoisotopic (exact) mass is 488 g/mol. The van der Waals surface area contributed by atoms with Gasteiger partial charge in [-0.25, -0.2) is 4.98 Å². The van der Waals surface area contributed by atoms with E-state index in [4.69, 9.17) is 9.26 Å². The van der Waals surface area contributed by atoms with E-state index in [0.717, 1.165) is 11.0 Å². The Morgan fingerprint density at radius 2 is 2.03 bits per heavy atom. The van der Waals surface area contributed by atoms with Gasteiger partial charge in [0.2, 0.25) is 29.4 Å². The van der Waals surface area contributed by atoms with Crippen molar-refractivity contribution in [2.45, 2.75) is 25.4 Å². The van der Waals surface area contributed by atoms with E-state index in [1.807, 2.05) is 6.07 Å². The van der Waals surface area contributed by atoms with Gasteiger partial charge in [0.25, 0.3) is 11.8 Å². The van der Waals surface area contributed by atoms with Gasteiger partial charge in [0.15, 0.2) is 0 Å². The highest BCUT2D eigenvalue weighted by atomic mass is 16.5. The third-order valence-corrected chi connectivity index (χ3v) is 5.66. The van der Waals surface area contributed by atoms with Crippen molar-refractivity contribution in [3.63, 3.8) is 0 Å². The van der Waals surface area contributed by atoms with Crippen LogP contribution in [0.25, 0.3) is 11.4 Å². The molecule has 0 aliphatic carbocycles. The van der Waals surface area contributed by atoms with E-state index in [0.29, 0.717) is 23.0 Å². The van der Waals surface area contributed by atoms with E-state index in [1.54, 1.807) is 49.6 Å². The van der Waals surface area contributed by atoms with Gasteiger partial charge < -0.3 is 14.2 Å². The van der Waals surface area contributed by atoms with Gasteiger partial charge in [-0.3, -0.25) is 29.4 Å². The summed E-state index contributed by atoms with van der Waals surface area (Å²) in [6.45, 7) is 0.0468. The molecule has 4 heterocycles. The Bertz CT molecular complexity index is 1380. The highest BCUT2D eigenvalue weighted by Gasteiger charge is 2.43. The van der Waals surface area contributed by atoms with Crippen LogP contribution in [0, 0.1) is 0 Å². The molecule has 2 aromatic heterocycles. The molecular weight excluding hydrogens is 468 g/mol. The van der Waals surface area contributed by atoms with Crippen molar-refractivity contribution < 1.29 is 28.4 Å². The number of hydrogen-bond donors (Lipinski definition) is 1. The molecule has 1 unspecified atom stereocenters. The molecule has 1 fully saturated rings. The van der Waals surface area contributed by atoms with Crippen molar-refractivity contribution in [2.24, 2.45) is 0 Å². The minimum absolute atomic E-state index is 0.0468. The quantitative estimate of drug-likeness (QED) is 0.484. The number of nitrogens with zero attached hydrogens (tertiary/aromatic N) is 5. The highest BCUT2D eigenvalue weighted by molar-refractivity contribution is 6.18. The summed E-state index contributed by atoms with van der Waals surface area (Å²) in [5, 5.41) is 6.16. The smallest absolute Gasteiger partial charge is 0.277 e. The number of pyridine rings is 1. The minimum Gasteiger partial charge on any atom is -0.439 e. The Morgan fingerprint density at radius 1 is 1.17 bits per heavy atom. The van der Waals surface area contributed by atoms with Crippen LogP contribution in [0.1, 0.15) is 18.7 Å². The molecular formula is C24H20N6O6. The number of amides is 4. The maximum absolute atomic E-state index is 12.9. The topological polar surface area (TPSA) is 148 Å². The fraction of sp³-hybridized carbons (Fsp3) is 0.208. The molecule has 12 heteroatoms. The standard InChI is InChI=1S/C24H20N6O6/c1-29(17-12-21(32)30(24(17)34)16-8-9-18(31)26-23(16)33)13-20-27-22(28-36-20)14-5-4-6-15(11-14)35-19-7-2-3-10-25-19/h2-7,10-12,16H,8-9,13H2,1H3,(H,26,31,33). The Morgan fingerprint density at radius 3 is 2.81 bits per heavy atom. The molecule has 1 N–H and O–H groups in total. The summed E-state index contributed by atoms with van der Waals surface area (Å²) >= 11 is 0. The van der Waals surface area contributed by atoms with Crippen molar-refractivity contribution in [3.05, 3.63) is 66.3 Å². The Balaban J connectivity index is 1.26. The molecule has 0 bridgehead atoms. The van der Waals surface area contributed by atoms with Crippen LogP contribution < -0.4 is 10.1 Å². The zero-order chi connectivity index (χ0) is 25.2. The molecule has 0 radical (unpaired) electrons. The van der Waals surface area contributed by atoms with E-state index >= 15 is 0 Å². The van der Waals surface area contributed by atoms with Gasteiger partial charge >= 0.3 is 0 Å². The lowest BCUT2D eigenvalue weighted by molar-refractivity contribution is -0.150. The number of carbonyl (C=O) groups is 4. The number of ether oxygens (including phenoxy) is 1. The lowest BCUT2D eigenvalue weighted by atomic mass is 10.0. The molecule has 12 nitrogen and oxygen atoms in total. The molecule has 4 amide bonds. The second-order valence-electron chi connectivity index (χ2n) is 8.18. The van der Waals surface area contributed by atoms with Crippen LogP contribution in [0.3, 0.4) is 0 Å². The van der Waals surface area contributed by atoms with E-state index in [-0.39, 0.29) is 31.0 Å². The number of piperidine rings is 1. The molecule has 2 aliphatic heterocycles. The number of hydrogen-bond acceptors (Lipinski definition) is 10. The average molecular weight is 488 g/mol. The number of likely N-dealkylation sites (N-methyl/N-ethyl adjacent to an activating group) is 1. The first kappa shape index (κ1) is 22.9. The number of aromatic nitrogens is 3. The molecule has 1 aromatic carbocycles. The molecule has 36 heavy (non-hydrogen) atoms. The van der Waals surface area contributed by atoms with Crippen LogP contribution in [0.15, 0.2) is 65.0 Å². The number of imide groups is 2. The number of carbonyl (C=O) groups excluding carboxylic acids is 4. The van der Waals surface area contributed by atoms with Gasteiger partial charge in [-0.15, -0.1) is 0 Å². The number of nitrogens with one attached hydrogen (secondary N) is 1. The molecule has 182 valence electrons. The van der Waals surface area contributed by atoms with Crippen molar-refractivity contribution in [3.8, 4) is 23.0 Å². The van der Waals surface area contributed by atoms with Gasteiger partial charge in [-0.2, -0.15) is 4.98 Å². The summed E-state index contributed by atoms with van der Waals surface area (Å²) in [6.07, 6.45) is 2.92. The fourth-order valence-electron chi connectivity index (χ4n) is 3.92. The highest BCUT2D eigenvalue weighted by Crippen LogP contribution is 2.26. The van der Waals surface area contributed by atoms with Gasteiger partial charge in [0, 0.05) is 37.4 Å². The molecule has 5 rings (SSSR count). The van der Waals surface area contributed by atoms with Crippen LogP contribution in [0.4, 0.5) is 0 Å². The van der Waals surface area contributed by atoms with Crippen LogP contribution >= 0.6 is 0 Å². The summed E-state index contributed by atoms with van der Waals surface area (Å²) in [4.78, 5) is 59.9. The maximum Gasteiger partial charge on any atom is 0.277 e. The van der Waals surface area contributed by atoms with Gasteiger partial charge in [0.05, 0.1) is 6.54 Å². The summed E-state index contributed by atoms with van der Waals surface area (Å²) in [7, 11) is 1.59. The molecule has 3 aromatic rings. The average Bonchev–Trinajstić information content (AvgIpc) is 3.44. The largest absolute Gasteiger partial charge is 0.439 e. The second kappa shape index (κ2) is 9.41. The van der Waals surface area contributed by atoms with Gasteiger partial charge in [-0.1, -0.05) is 23.4 Å². The molecule has 1 atom stereocenters. The predicted molar refractivity (Wildman–Crippen MR) is 122 cm³/mol. The number of rotatable bonds is 7. The predicted octanol–water partition coefficient (Wildman–Crippen LogP) is 1.41. The van der Waals surface area contributed by atoms with Crippen molar-refractivity contribution in [2.75, 3.05) is 7.05 Å². The van der Waals surface area contributed by atoms with E-state index in [2.05, 4.69) is 20.4 Å². The summed E-state index contributed by atoms with van der Waals surface area (Å²) in [6, 6.07) is 11.4. The SMILES string of the molecule is CN(Cc1nc(-c2cccc(Oc3ccccn3)c2)no1)C1=CC(=O)N(C2CCC(=O)NC2=O)C1=O. The van der Waals surface area contributed by atoms with Crippen LogP contribution in [0.5, 0.6) is 11.6 Å². The third kappa shape index (κ3) is 4.56. The summed E-state index contributed by atoms with van der Waals surface area (Å²) in [5.74, 6) is -0.822. The lowest BCUT2D eigenvalue weighted by Crippen LogP contribution is -2.54. The van der Waals surface area contributed by atoms with Gasteiger partial charge in [0.1, 0.15) is 17.5 Å². The summed E-state index contributed by atoms with van der Waals surface area (Å²) in [5.41, 5.74) is 0.728. The second-order valence-corrected chi connectivity index (χ2v) is 8.18. The zero-order valence-electron chi connectivity index (χ0n) is 19.1. The van der Waals surface area contributed by atoms with Crippen LogP contribution in [-0.4, -0.2) is 61.6 Å². The third-order valence-electron chi connectivity index (χ3n) is 5.66. The molecule has 2 aliphatic rings. The Labute approximate surface area is 204 Å². The molecule has 1 saturated heterocycles. The normalized spacial score (nSPS) is 17.8. The van der Waals surface area contributed by atoms with E-state index in [9.17, 15) is 19.2 Å². The minimum atomic E-state index is -1.03. The lowest BCUT2D eigenvalue weighted by Gasteiger charge is -2.29. The maximum atomic E-state index is 12.9. The molecule has 0 spiro atoms. The Hall–Kier alpha value is -4.87. The van der Waals surface area contributed by atoms with Crippen molar-refractivity contribution >= 4 is 23.6 Å². The zero-order valence-corrected chi connectivity index (χ0v) is 19.1. The van der Waals surface area contributed by atoms with E-state index in [1.165, 1.54) is 4.90 Å². The van der Waals surface area contributed by atoms with E-state index < -0.39 is 29.7 Å². The van der Waals surface area contributed by atoms with Gasteiger partial charge in [-0.05, 0) is 24.6 Å². The summed E-state index contributed by atoms with van der Waals surface area (Å²) < 4.78 is 11.1. The van der Waals surface area contributed by atoms with Crippen molar-refractivity contribution in [1.82, 2.24) is 30.2 Å². The Kier molecular flexibility index (Phi) is 5.98. The first-order valence-corrected chi connectivity index (χ1v) is 11.0. The molecule has 0 saturated carbocycles. The van der Waals surface area contributed by atoms with Crippen LogP contribution in [-0.2, 0) is 25.7 Å². The first-order chi connectivity index (χ1) is 17.4. The fourth-order valence-corrected chi connectivity index (χ4v) is 3.92. The van der Waals surface area contributed by atoms with Crippen LogP contribution in [0.2, 0.25) is 0 Å².